The number of fused-ring (bicyclic) bond motifs is 3. The highest BCUT2D eigenvalue weighted by molar-refractivity contribution is 7.12. The molecule has 4 aromatic rings. The molecule has 1 spiro atoms. The zero-order valence-corrected chi connectivity index (χ0v) is 22.7. The van der Waals surface area contributed by atoms with E-state index in [9.17, 15) is 4.79 Å². The smallest absolute Gasteiger partial charge is 0.235 e. The fourth-order valence-corrected chi connectivity index (χ4v) is 6.77. The molecule has 9 heteroatoms. The number of carbonyl (C=O) groups is 1. The van der Waals surface area contributed by atoms with Gasteiger partial charge >= 0.3 is 0 Å². The molecule has 196 valence electrons. The van der Waals surface area contributed by atoms with Crippen molar-refractivity contribution in [2.45, 2.75) is 24.3 Å². The Balaban J connectivity index is 0.00000264. The van der Waals surface area contributed by atoms with Gasteiger partial charge in [-0.25, -0.2) is 0 Å². The van der Waals surface area contributed by atoms with Crippen LogP contribution in [0.2, 0.25) is 0 Å². The second-order valence-corrected chi connectivity index (χ2v) is 11.2. The minimum absolute atomic E-state index is 0. The number of benzene rings is 2. The summed E-state index contributed by atoms with van der Waals surface area (Å²) in [4.78, 5) is 18.0. The Morgan fingerprint density at radius 3 is 2.87 bits per heavy atom. The maximum atomic E-state index is 13.0. The molecule has 38 heavy (non-hydrogen) atoms. The van der Waals surface area contributed by atoms with Crippen LogP contribution in [0.5, 0.6) is 5.75 Å². The molecule has 2 aromatic heterocycles. The van der Waals surface area contributed by atoms with Crippen molar-refractivity contribution in [2.75, 3.05) is 38.7 Å². The highest BCUT2D eigenvalue weighted by Crippen LogP contribution is 2.65. The maximum absolute atomic E-state index is 13.0. The van der Waals surface area contributed by atoms with Crippen molar-refractivity contribution in [3.05, 3.63) is 75.1 Å². The van der Waals surface area contributed by atoms with Crippen molar-refractivity contribution in [2.24, 2.45) is 0 Å². The van der Waals surface area contributed by atoms with Gasteiger partial charge in [0.1, 0.15) is 5.75 Å². The number of thiophene rings is 1. The average molecular weight is 549 g/mol. The Kier molecular flexibility index (Phi) is 6.52. The third-order valence-electron chi connectivity index (χ3n) is 7.91. The highest BCUT2D eigenvalue weighted by Gasteiger charge is 2.65. The van der Waals surface area contributed by atoms with Gasteiger partial charge in [-0.2, -0.15) is 5.10 Å². The van der Waals surface area contributed by atoms with Crippen LogP contribution in [0.1, 0.15) is 38.9 Å². The molecule has 2 fully saturated rings. The normalized spacial score (nSPS) is 22.6. The monoisotopic (exact) mass is 548 g/mol. The number of amides is 1. The van der Waals surface area contributed by atoms with Gasteiger partial charge < -0.3 is 14.8 Å². The summed E-state index contributed by atoms with van der Waals surface area (Å²) < 4.78 is 10.9. The zero-order chi connectivity index (χ0) is 25.0. The van der Waals surface area contributed by atoms with Crippen molar-refractivity contribution in [1.29, 1.82) is 0 Å². The summed E-state index contributed by atoms with van der Waals surface area (Å²) in [5.41, 5.74) is 4.50. The fourth-order valence-electron chi connectivity index (χ4n) is 5.81. The molecule has 2 aliphatic heterocycles. The van der Waals surface area contributed by atoms with Crippen LogP contribution in [0, 0.1) is 0 Å². The number of hydrogen-bond donors (Lipinski definition) is 2. The van der Waals surface area contributed by atoms with Crippen LogP contribution in [-0.2, 0) is 21.5 Å². The van der Waals surface area contributed by atoms with Gasteiger partial charge in [-0.05, 0) is 66.1 Å². The number of morpholine rings is 1. The van der Waals surface area contributed by atoms with E-state index in [1.54, 1.807) is 7.11 Å². The molecule has 1 amide bonds. The number of methoxy groups -OCH3 is 1. The SMILES string of the molecule is COc1ccc2c(c1)[C@]1(C[C@H]1c1ccc3c(C=Cc4ccc(CN5CCOCC5)s4)n[nH]c3c1)C(=O)N2.Cl. The summed E-state index contributed by atoms with van der Waals surface area (Å²) in [5.74, 6) is 1.00. The second-order valence-electron chi connectivity index (χ2n) is 10.0. The lowest BCUT2D eigenvalue weighted by molar-refractivity contribution is -0.118. The molecule has 7 nitrogen and oxygen atoms in total. The van der Waals surface area contributed by atoms with E-state index in [0.29, 0.717) is 0 Å². The van der Waals surface area contributed by atoms with E-state index in [2.05, 4.69) is 62.9 Å². The van der Waals surface area contributed by atoms with Crippen molar-refractivity contribution in [3.8, 4) is 5.75 Å². The summed E-state index contributed by atoms with van der Waals surface area (Å²) in [5, 5.41) is 11.9. The lowest BCUT2D eigenvalue weighted by Crippen LogP contribution is -2.35. The lowest BCUT2D eigenvalue weighted by Gasteiger charge is -2.25. The number of nitrogens with one attached hydrogen (secondary N) is 2. The molecule has 1 aliphatic carbocycles. The average Bonchev–Trinajstić information content (AvgIpc) is 3.16. The van der Waals surface area contributed by atoms with Crippen LogP contribution in [-0.4, -0.2) is 54.4 Å². The van der Waals surface area contributed by atoms with Crippen LogP contribution in [0.15, 0.2) is 48.5 Å². The first-order chi connectivity index (χ1) is 18.1. The molecular weight excluding hydrogens is 520 g/mol. The van der Waals surface area contributed by atoms with E-state index in [0.717, 1.165) is 78.4 Å². The van der Waals surface area contributed by atoms with Crippen LogP contribution in [0.4, 0.5) is 5.69 Å². The number of aromatic amines is 1. The minimum Gasteiger partial charge on any atom is -0.497 e. The second kappa shape index (κ2) is 9.85. The first kappa shape index (κ1) is 25.1. The number of hydrogen-bond acceptors (Lipinski definition) is 6. The van der Waals surface area contributed by atoms with Gasteiger partial charge in [-0.1, -0.05) is 12.1 Å². The summed E-state index contributed by atoms with van der Waals surface area (Å²) in [6.45, 7) is 4.62. The summed E-state index contributed by atoms with van der Waals surface area (Å²) >= 11 is 1.82. The van der Waals surface area contributed by atoms with Crippen LogP contribution < -0.4 is 10.1 Å². The zero-order valence-electron chi connectivity index (χ0n) is 21.0. The van der Waals surface area contributed by atoms with E-state index in [-0.39, 0.29) is 24.2 Å². The van der Waals surface area contributed by atoms with Gasteiger partial charge in [-0.3, -0.25) is 14.8 Å². The number of nitrogens with zero attached hydrogens (tertiary/aromatic N) is 2. The van der Waals surface area contributed by atoms with Gasteiger partial charge in [0.25, 0.3) is 0 Å². The van der Waals surface area contributed by atoms with E-state index in [4.69, 9.17) is 9.47 Å². The first-order valence-electron chi connectivity index (χ1n) is 12.7. The first-order valence-corrected chi connectivity index (χ1v) is 13.5. The number of anilines is 1. The van der Waals surface area contributed by atoms with E-state index in [1.807, 2.05) is 29.5 Å². The van der Waals surface area contributed by atoms with Gasteiger partial charge in [-0.15, -0.1) is 23.7 Å². The maximum Gasteiger partial charge on any atom is 0.235 e. The van der Waals surface area contributed by atoms with Gasteiger partial charge in [0.15, 0.2) is 0 Å². The van der Waals surface area contributed by atoms with Gasteiger partial charge in [0, 0.05) is 46.4 Å². The third kappa shape index (κ3) is 4.22. The Bertz CT molecular complexity index is 1540. The number of rotatable bonds is 6. The minimum atomic E-state index is -0.502. The Morgan fingerprint density at radius 1 is 1.16 bits per heavy atom. The van der Waals surface area contributed by atoms with Crippen LogP contribution >= 0.6 is 23.7 Å². The molecule has 0 unspecified atom stereocenters. The molecule has 1 saturated carbocycles. The molecule has 7 rings (SSSR count). The summed E-state index contributed by atoms with van der Waals surface area (Å²) in [6.07, 6.45) is 5.02. The van der Waals surface area contributed by atoms with E-state index in [1.165, 1.54) is 9.75 Å². The van der Waals surface area contributed by atoms with Crippen LogP contribution in [0.3, 0.4) is 0 Å². The van der Waals surface area contributed by atoms with Crippen molar-refractivity contribution >= 4 is 58.4 Å². The summed E-state index contributed by atoms with van der Waals surface area (Å²) in [7, 11) is 1.66. The molecule has 0 bridgehead atoms. The van der Waals surface area contributed by atoms with Crippen molar-refractivity contribution < 1.29 is 14.3 Å². The lowest BCUT2D eigenvalue weighted by atomic mass is 9.91. The topological polar surface area (TPSA) is 79.5 Å². The molecule has 4 heterocycles. The largest absolute Gasteiger partial charge is 0.497 e. The molecule has 0 radical (unpaired) electrons. The van der Waals surface area contributed by atoms with Crippen molar-refractivity contribution in [3.63, 3.8) is 0 Å². The Hall–Kier alpha value is -3.17. The third-order valence-corrected chi connectivity index (χ3v) is 8.95. The van der Waals surface area contributed by atoms with Gasteiger partial charge in [0.05, 0.1) is 36.9 Å². The molecule has 2 aromatic carbocycles. The van der Waals surface area contributed by atoms with Gasteiger partial charge in [0.2, 0.25) is 5.91 Å². The fraction of sp³-hybridized carbons (Fsp3) is 0.310. The Morgan fingerprint density at radius 2 is 2.03 bits per heavy atom. The number of halogens is 1. The van der Waals surface area contributed by atoms with Crippen LogP contribution in [0.25, 0.3) is 23.1 Å². The summed E-state index contributed by atoms with van der Waals surface area (Å²) in [6, 6.07) is 16.6. The number of ether oxygens (including phenoxy) is 2. The molecule has 3 aliphatic rings. The number of H-pyrrole nitrogens is 1. The Labute approximate surface area is 231 Å². The number of aromatic nitrogens is 2. The van der Waals surface area contributed by atoms with E-state index < -0.39 is 5.41 Å². The molecule has 1 saturated heterocycles. The van der Waals surface area contributed by atoms with Crippen molar-refractivity contribution in [1.82, 2.24) is 15.1 Å². The number of carbonyl (C=O) groups excluding carboxylic acids is 1. The molecule has 2 N–H and O–H groups in total. The van der Waals surface area contributed by atoms with E-state index >= 15 is 0 Å². The predicted molar refractivity (Wildman–Crippen MR) is 153 cm³/mol. The molecular formula is C29H29ClN4O3S. The standard InChI is InChI=1S/C29H28N4O3S.ClH/c1-35-19-3-8-26-23(15-19)29(28(34)30-26)16-24(29)18-2-7-22-25(31-32-27(22)14-18)9-6-20-4-5-21(37-20)17-33-10-12-36-13-11-33;/h2-9,14-15,24H,10-13,16-17H2,1H3,(H,30,34)(H,31,32);1H/t24-,29-;/m0./s1. The predicted octanol–water partition coefficient (Wildman–Crippen LogP) is 5.43. The quantitative estimate of drug-likeness (QED) is 0.336. The highest BCUT2D eigenvalue weighted by atomic mass is 35.5. The molecule has 2 atom stereocenters.